The Kier molecular flexibility index (Phi) is 6.80. The summed E-state index contributed by atoms with van der Waals surface area (Å²) in [5.74, 6) is 0.101. The molecular weight excluding hydrogens is 218 g/mol. The smallest absolute Gasteiger partial charge is 0.239 e. The minimum Gasteiger partial charge on any atom is -0.354 e. The molecule has 5 heteroatoms. The topological polar surface area (TPSA) is 84.2 Å². The Hall–Kier alpha value is -1.10. The van der Waals surface area contributed by atoms with Crippen molar-refractivity contribution >= 4 is 11.8 Å². The summed E-state index contributed by atoms with van der Waals surface area (Å²) in [6, 6.07) is 0. The van der Waals surface area contributed by atoms with E-state index in [1.165, 1.54) is 0 Å². The van der Waals surface area contributed by atoms with Gasteiger partial charge in [-0.3, -0.25) is 9.59 Å². The van der Waals surface area contributed by atoms with Crippen molar-refractivity contribution in [3.63, 3.8) is 0 Å². The quantitative estimate of drug-likeness (QED) is 0.599. The molecule has 0 saturated carbocycles. The van der Waals surface area contributed by atoms with Crippen molar-refractivity contribution in [3.05, 3.63) is 0 Å². The number of rotatable bonds is 7. The largest absolute Gasteiger partial charge is 0.354 e. The highest BCUT2D eigenvalue weighted by atomic mass is 16.2. The number of carbonyl (C=O) groups excluding carboxylic acids is 2. The zero-order valence-electron chi connectivity index (χ0n) is 11.3. The van der Waals surface area contributed by atoms with Crippen LogP contribution in [-0.2, 0) is 9.59 Å². The molecule has 0 aromatic heterocycles. The second kappa shape index (κ2) is 7.27. The lowest BCUT2D eigenvalue weighted by Gasteiger charge is -2.26. The highest BCUT2D eigenvalue weighted by Crippen LogP contribution is 2.23. The molecule has 0 rings (SSSR count). The summed E-state index contributed by atoms with van der Waals surface area (Å²) in [7, 11) is 0. The van der Waals surface area contributed by atoms with Crippen LogP contribution < -0.4 is 16.4 Å². The third kappa shape index (κ3) is 8.68. The molecule has 0 atom stereocenters. The minimum absolute atomic E-state index is 0.00616. The van der Waals surface area contributed by atoms with Crippen molar-refractivity contribution in [1.29, 1.82) is 0 Å². The number of nitrogens with two attached hydrogens (primary N) is 1. The van der Waals surface area contributed by atoms with Gasteiger partial charge in [0.2, 0.25) is 11.8 Å². The van der Waals surface area contributed by atoms with Crippen molar-refractivity contribution in [2.75, 3.05) is 19.6 Å². The molecule has 0 aliphatic carbocycles. The van der Waals surface area contributed by atoms with E-state index in [0.717, 1.165) is 6.42 Å². The predicted octanol–water partition coefficient (Wildman–Crippen LogP) is 0.250. The van der Waals surface area contributed by atoms with Gasteiger partial charge in [-0.2, -0.15) is 0 Å². The number of carbonyl (C=O) groups is 2. The van der Waals surface area contributed by atoms with Crippen molar-refractivity contribution in [2.45, 2.75) is 34.1 Å². The maximum atomic E-state index is 11.4. The average molecular weight is 243 g/mol. The molecule has 0 saturated heterocycles. The molecule has 0 heterocycles. The Balaban J connectivity index is 3.86. The van der Waals surface area contributed by atoms with Crippen LogP contribution in [0.3, 0.4) is 0 Å². The van der Waals surface area contributed by atoms with Gasteiger partial charge in [0, 0.05) is 6.54 Å². The van der Waals surface area contributed by atoms with E-state index in [2.05, 4.69) is 38.3 Å². The van der Waals surface area contributed by atoms with E-state index >= 15 is 0 Å². The Morgan fingerprint density at radius 2 is 1.76 bits per heavy atom. The van der Waals surface area contributed by atoms with Gasteiger partial charge in [0.05, 0.1) is 13.1 Å². The molecule has 0 aromatic rings. The van der Waals surface area contributed by atoms with Crippen LogP contribution in [0.5, 0.6) is 0 Å². The molecule has 17 heavy (non-hydrogen) atoms. The molecule has 0 spiro atoms. The van der Waals surface area contributed by atoms with Crippen molar-refractivity contribution in [2.24, 2.45) is 17.1 Å². The Bertz CT molecular complexity index is 262. The van der Waals surface area contributed by atoms with Gasteiger partial charge >= 0.3 is 0 Å². The van der Waals surface area contributed by atoms with E-state index in [4.69, 9.17) is 5.73 Å². The van der Waals surface area contributed by atoms with Crippen molar-refractivity contribution in [3.8, 4) is 0 Å². The van der Waals surface area contributed by atoms with Crippen molar-refractivity contribution in [1.82, 2.24) is 10.6 Å². The molecule has 5 nitrogen and oxygen atoms in total. The van der Waals surface area contributed by atoms with Gasteiger partial charge < -0.3 is 16.4 Å². The van der Waals surface area contributed by atoms with Gasteiger partial charge in [-0.25, -0.2) is 0 Å². The molecule has 2 amide bonds. The van der Waals surface area contributed by atoms with Gasteiger partial charge in [-0.1, -0.05) is 27.7 Å². The van der Waals surface area contributed by atoms with E-state index in [0.29, 0.717) is 12.5 Å². The normalized spacial score (nSPS) is 11.4. The maximum Gasteiger partial charge on any atom is 0.239 e. The van der Waals surface area contributed by atoms with Gasteiger partial charge in [0.1, 0.15) is 0 Å². The number of nitrogens with one attached hydrogen (secondary N) is 2. The van der Waals surface area contributed by atoms with Gasteiger partial charge in [-0.15, -0.1) is 0 Å². The van der Waals surface area contributed by atoms with Crippen LogP contribution in [0.2, 0.25) is 0 Å². The van der Waals surface area contributed by atoms with Crippen LogP contribution in [0.4, 0.5) is 0 Å². The number of hydrogen-bond acceptors (Lipinski definition) is 3. The lowest BCUT2D eigenvalue weighted by atomic mass is 9.84. The fourth-order valence-electron chi connectivity index (χ4n) is 1.83. The van der Waals surface area contributed by atoms with Crippen LogP contribution in [0.25, 0.3) is 0 Å². The minimum atomic E-state index is -0.318. The molecule has 0 aromatic carbocycles. The molecule has 100 valence electrons. The summed E-state index contributed by atoms with van der Waals surface area (Å²) >= 11 is 0. The average Bonchev–Trinajstić information content (AvgIpc) is 2.21. The van der Waals surface area contributed by atoms with E-state index in [1.54, 1.807) is 0 Å². The number of hydrogen-bond donors (Lipinski definition) is 3. The Morgan fingerprint density at radius 1 is 1.18 bits per heavy atom. The molecule has 4 N–H and O–H groups in total. The number of amides is 2. The molecule has 0 unspecified atom stereocenters. The van der Waals surface area contributed by atoms with Gasteiger partial charge in [-0.05, 0) is 17.8 Å². The fourth-order valence-corrected chi connectivity index (χ4v) is 1.83. The predicted molar refractivity (Wildman–Crippen MR) is 68.3 cm³/mol. The van der Waals surface area contributed by atoms with Gasteiger partial charge in [0.15, 0.2) is 0 Å². The van der Waals surface area contributed by atoms with Gasteiger partial charge in [0.25, 0.3) is 0 Å². The summed E-state index contributed by atoms with van der Waals surface area (Å²) in [5, 5.41) is 5.25. The van der Waals surface area contributed by atoms with Crippen LogP contribution in [0, 0.1) is 11.3 Å². The van der Waals surface area contributed by atoms with Crippen LogP contribution in [-0.4, -0.2) is 31.4 Å². The Morgan fingerprint density at radius 3 is 2.24 bits per heavy atom. The molecule has 0 radical (unpaired) electrons. The SMILES string of the molecule is CC(C)CC(C)(C)CNC(=O)CNC(=O)CN. The molecular formula is C12H25N3O2. The van der Waals surface area contributed by atoms with Crippen molar-refractivity contribution < 1.29 is 9.59 Å². The summed E-state index contributed by atoms with van der Waals surface area (Å²) in [6.45, 7) is 9.07. The molecule has 0 bridgehead atoms. The summed E-state index contributed by atoms with van der Waals surface area (Å²) in [4.78, 5) is 22.3. The van der Waals surface area contributed by atoms with E-state index in [-0.39, 0.29) is 30.3 Å². The lowest BCUT2D eigenvalue weighted by Crippen LogP contribution is -2.42. The van der Waals surface area contributed by atoms with Crippen LogP contribution in [0.15, 0.2) is 0 Å². The van der Waals surface area contributed by atoms with Crippen LogP contribution in [0.1, 0.15) is 34.1 Å². The maximum absolute atomic E-state index is 11.4. The first kappa shape index (κ1) is 15.9. The van der Waals surface area contributed by atoms with E-state index in [1.807, 2.05) is 0 Å². The third-order valence-corrected chi connectivity index (χ3v) is 2.36. The summed E-state index contributed by atoms with van der Waals surface area (Å²) in [6.07, 6.45) is 1.04. The molecule has 0 aliphatic heterocycles. The third-order valence-electron chi connectivity index (χ3n) is 2.36. The fraction of sp³-hybridized carbons (Fsp3) is 0.833. The van der Waals surface area contributed by atoms with Crippen LogP contribution >= 0.6 is 0 Å². The zero-order valence-corrected chi connectivity index (χ0v) is 11.3. The standard InChI is InChI=1S/C12H25N3O2/c1-9(2)5-12(3,4)8-15-11(17)7-14-10(16)6-13/h9H,5-8,13H2,1-4H3,(H,14,16)(H,15,17). The highest BCUT2D eigenvalue weighted by Gasteiger charge is 2.20. The lowest BCUT2D eigenvalue weighted by molar-refractivity contribution is -0.125. The second-order valence-electron chi connectivity index (χ2n) is 5.52. The molecule has 0 fully saturated rings. The first-order valence-electron chi connectivity index (χ1n) is 6.00. The first-order chi connectivity index (χ1) is 7.76. The highest BCUT2D eigenvalue weighted by molar-refractivity contribution is 5.85. The monoisotopic (exact) mass is 243 g/mol. The zero-order chi connectivity index (χ0) is 13.5. The van der Waals surface area contributed by atoms with E-state index < -0.39 is 0 Å². The summed E-state index contributed by atoms with van der Waals surface area (Å²) < 4.78 is 0. The second-order valence-corrected chi connectivity index (χ2v) is 5.52. The summed E-state index contributed by atoms with van der Waals surface area (Å²) in [5.41, 5.74) is 5.18. The van der Waals surface area contributed by atoms with E-state index in [9.17, 15) is 9.59 Å². The first-order valence-corrected chi connectivity index (χ1v) is 6.00. The molecule has 0 aliphatic rings. The Labute approximate surface area is 104 Å².